The van der Waals surface area contributed by atoms with Gasteiger partial charge in [-0.25, -0.2) is 4.39 Å². The number of hydroxylamine groups is 2. The molecule has 3 heteroatoms. The van der Waals surface area contributed by atoms with E-state index in [2.05, 4.69) is 4.84 Å². The van der Waals surface area contributed by atoms with E-state index in [0.717, 1.165) is 25.9 Å². The molecule has 0 bridgehead atoms. The van der Waals surface area contributed by atoms with Crippen LogP contribution in [0.15, 0.2) is 0 Å². The smallest absolute Gasteiger partial charge is 0.208 e. The summed E-state index contributed by atoms with van der Waals surface area (Å²) in [6.07, 6.45) is 2.28. The lowest BCUT2D eigenvalue weighted by atomic mass is 10.4. The van der Waals surface area contributed by atoms with Gasteiger partial charge in [-0.15, -0.1) is 0 Å². The largest absolute Gasteiger partial charge is 0.265 e. The van der Waals surface area contributed by atoms with Crippen LogP contribution < -0.4 is 0 Å². The van der Waals surface area contributed by atoms with Crippen molar-refractivity contribution in [3.63, 3.8) is 0 Å². The van der Waals surface area contributed by atoms with Crippen molar-refractivity contribution in [1.29, 1.82) is 0 Å². The normalized spacial score (nSPS) is 22.1. The van der Waals surface area contributed by atoms with Gasteiger partial charge < -0.3 is 0 Å². The number of halogens is 1. The average molecular weight is 119 g/mol. The second kappa shape index (κ2) is 2.99. The molecule has 1 fully saturated rings. The predicted octanol–water partition coefficient (Wildman–Crippen LogP) is 0.941. The van der Waals surface area contributed by atoms with E-state index in [1.54, 1.807) is 5.06 Å². The molecule has 0 atom stereocenters. The molecule has 1 saturated heterocycles. The first-order valence-electron chi connectivity index (χ1n) is 2.87. The van der Waals surface area contributed by atoms with Gasteiger partial charge in [0.2, 0.25) is 6.86 Å². The van der Waals surface area contributed by atoms with Crippen molar-refractivity contribution >= 4 is 0 Å². The van der Waals surface area contributed by atoms with Crippen LogP contribution in [0.5, 0.6) is 0 Å². The zero-order chi connectivity index (χ0) is 5.82. The molecule has 0 radical (unpaired) electrons. The van der Waals surface area contributed by atoms with Crippen LogP contribution >= 0.6 is 0 Å². The van der Waals surface area contributed by atoms with Crippen molar-refractivity contribution in [1.82, 2.24) is 5.06 Å². The lowest BCUT2D eigenvalue weighted by Gasteiger charge is -2.09. The van der Waals surface area contributed by atoms with E-state index < -0.39 is 6.86 Å². The Bertz CT molecular complexity index is 63.4. The van der Waals surface area contributed by atoms with Gasteiger partial charge in [0.15, 0.2) is 0 Å². The quantitative estimate of drug-likeness (QED) is 0.536. The van der Waals surface area contributed by atoms with Gasteiger partial charge in [-0.1, -0.05) is 0 Å². The Morgan fingerprint density at radius 3 is 2.50 bits per heavy atom. The Kier molecular flexibility index (Phi) is 2.24. The molecule has 1 aliphatic heterocycles. The molecular formula is C5H10FNO. The monoisotopic (exact) mass is 119 g/mol. The van der Waals surface area contributed by atoms with Crippen LogP contribution in [-0.4, -0.2) is 25.0 Å². The molecule has 0 amide bonds. The van der Waals surface area contributed by atoms with Gasteiger partial charge in [-0.05, 0) is 12.8 Å². The van der Waals surface area contributed by atoms with E-state index in [9.17, 15) is 4.39 Å². The highest BCUT2D eigenvalue weighted by Crippen LogP contribution is 2.06. The molecule has 0 unspecified atom stereocenters. The number of hydrogen-bond donors (Lipinski definition) is 0. The fourth-order valence-corrected chi connectivity index (χ4v) is 0.886. The molecule has 0 N–H and O–H groups in total. The minimum atomic E-state index is -0.681. The van der Waals surface area contributed by atoms with Crippen molar-refractivity contribution in [3.05, 3.63) is 0 Å². The molecule has 1 heterocycles. The molecule has 0 spiro atoms. The molecule has 0 aromatic rings. The van der Waals surface area contributed by atoms with Gasteiger partial charge in [-0.3, -0.25) is 4.84 Å². The second-order valence-electron chi connectivity index (χ2n) is 1.87. The van der Waals surface area contributed by atoms with E-state index in [1.165, 1.54) is 0 Å². The molecule has 1 rings (SSSR count). The lowest BCUT2D eigenvalue weighted by Crippen LogP contribution is -2.18. The summed E-state index contributed by atoms with van der Waals surface area (Å²) in [6.45, 7) is 1.11. The summed E-state index contributed by atoms with van der Waals surface area (Å²) in [5.74, 6) is 0. The van der Waals surface area contributed by atoms with Crippen LogP contribution in [-0.2, 0) is 4.84 Å². The van der Waals surface area contributed by atoms with Gasteiger partial charge in [0, 0.05) is 13.1 Å². The van der Waals surface area contributed by atoms with E-state index in [4.69, 9.17) is 0 Å². The van der Waals surface area contributed by atoms with Gasteiger partial charge in [0.1, 0.15) is 0 Å². The number of hydrogen-bond acceptors (Lipinski definition) is 2. The molecule has 0 saturated carbocycles. The molecule has 0 aromatic heterocycles. The summed E-state index contributed by atoms with van der Waals surface area (Å²) in [7, 11) is 0. The van der Waals surface area contributed by atoms with Crippen molar-refractivity contribution in [2.45, 2.75) is 12.8 Å². The van der Waals surface area contributed by atoms with Crippen molar-refractivity contribution in [2.75, 3.05) is 20.0 Å². The van der Waals surface area contributed by atoms with Crippen LogP contribution in [0, 0.1) is 0 Å². The third-order valence-electron chi connectivity index (χ3n) is 1.30. The van der Waals surface area contributed by atoms with Crippen LogP contribution in [0.1, 0.15) is 12.8 Å². The minimum absolute atomic E-state index is 0.681. The highest BCUT2D eigenvalue weighted by molar-refractivity contribution is 4.56. The average Bonchev–Trinajstić information content (AvgIpc) is 2.19. The molecule has 48 valence electrons. The Balaban J connectivity index is 2.06. The maximum Gasteiger partial charge on any atom is 0.208 e. The second-order valence-corrected chi connectivity index (χ2v) is 1.87. The zero-order valence-electron chi connectivity index (χ0n) is 4.77. The fourth-order valence-electron chi connectivity index (χ4n) is 0.886. The van der Waals surface area contributed by atoms with Crippen LogP contribution in [0.4, 0.5) is 4.39 Å². The van der Waals surface area contributed by atoms with Gasteiger partial charge in [-0.2, -0.15) is 5.06 Å². The van der Waals surface area contributed by atoms with E-state index in [0.29, 0.717) is 0 Å². The minimum Gasteiger partial charge on any atom is -0.265 e. The van der Waals surface area contributed by atoms with E-state index >= 15 is 0 Å². The number of alkyl halides is 1. The van der Waals surface area contributed by atoms with Gasteiger partial charge in [0.05, 0.1) is 0 Å². The maximum atomic E-state index is 11.4. The zero-order valence-corrected chi connectivity index (χ0v) is 4.77. The van der Waals surface area contributed by atoms with Crippen molar-refractivity contribution in [2.24, 2.45) is 0 Å². The van der Waals surface area contributed by atoms with Crippen LogP contribution in [0.3, 0.4) is 0 Å². The number of nitrogens with zero attached hydrogens (tertiary/aromatic N) is 1. The summed E-state index contributed by atoms with van der Waals surface area (Å²) in [5.41, 5.74) is 0. The summed E-state index contributed by atoms with van der Waals surface area (Å²) < 4.78 is 11.4. The fraction of sp³-hybridized carbons (Fsp3) is 1.00. The molecular weight excluding hydrogens is 109 g/mol. The Morgan fingerprint density at radius 1 is 1.38 bits per heavy atom. The summed E-state index contributed by atoms with van der Waals surface area (Å²) >= 11 is 0. The summed E-state index contributed by atoms with van der Waals surface area (Å²) in [4.78, 5) is 4.57. The third kappa shape index (κ3) is 1.42. The molecule has 1 aliphatic rings. The first-order valence-corrected chi connectivity index (χ1v) is 2.87. The van der Waals surface area contributed by atoms with Gasteiger partial charge >= 0.3 is 0 Å². The highest BCUT2D eigenvalue weighted by atomic mass is 19.1. The lowest BCUT2D eigenvalue weighted by molar-refractivity contribution is -0.173. The predicted molar refractivity (Wildman–Crippen MR) is 27.9 cm³/mol. The first-order chi connectivity index (χ1) is 3.93. The third-order valence-corrected chi connectivity index (χ3v) is 1.30. The molecule has 8 heavy (non-hydrogen) atoms. The molecule has 2 nitrogen and oxygen atoms in total. The Hall–Kier alpha value is -0.150. The topological polar surface area (TPSA) is 12.5 Å². The standard InChI is InChI=1S/C5H10FNO/c6-5-8-7-3-1-2-4-7/h1-5H2. The van der Waals surface area contributed by atoms with Crippen molar-refractivity contribution in [3.8, 4) is 0 Å². The SMILES string of the molecule is FCON1CCCC1. The van der Waals surface area contributed by atoms with Crippen LogP contribution in [0.25, 0.3) is 0 Å². The Labute approximate surface area is 48.2 Å². The molecule has 0 aliphatic carbocycles. The number of rotatable bonds is 2. The summed E-state index contributed by atoms with van der Waals surface area (Å²) in [5, 5.41) is 1.67. The van der Waals surface area contributed by atoms with Crippen LogP contribution in [0.2, 0.25) is 0 Å². The van der Waals surface area contributed by atoms with Gasteiger partial charge in [0.25, 0.3) is 0 Å². The summed E-state index contributed by atoms with van der Waals surface area (Å²) in [6, 6.07) is 0. The highest BCUT2D eigenvalue weighted by Gasteiger charge is 2.10. The van der Waals surface area contributed by atoms with E-state index in [1.807, 2.05) is 0 Å². The van der Waals surface area contributed by atoms with Crippen molar-refractivity contribution < 1.29 is 9.23 Å². The first kappa shape index (κ1) is 5.98. The Morgan fingerprint density at radius 2 is 2.00 bits per heavy atom. The maximum absolute atomic E-state index is 11.4. The molecule has 0 aromatic carbocycles. The van der Waals surface area contributed by atoms with E-state index in [-0.39, 0.29) is 0 Å².